The van der Waals surface area contributed by atoms with Crippen LogP contribution in [0.15, 0.2) is 6.33 Å². The number of nitrogens with zero attached hydrogens (tertiary/aromatic N) is 2. The maximum Gasteiger partial charge on any atom is 0.132 e. The molecule has 2 unspecified atom stereocenters. The Kier molecular flexibility index (Phi) is 3.36. The normalized spacial score (nSPS) is 17.9. The van der Waals surface area contributed by atoms with Gasteiger partial charge in [-0.25, -0.2) is 9.97 Å². The van der Waals surface area contributed by atoms with Gasteiger partial charge in [0.2, 0.25) is 0 Å². The predicted molar refractivity (Wildman–Crippen MR) is 62.2 cm³/mol. The molecule has 16 heavy (non-hydrogen) atoms. The smallest absolute Gasteiger partial charge is 0.132 e. The number of hydrogen-bond donors (Lipinski definition) is 3. The van der Waals surface area contributed by atoms with Crippen LogP contribution in [0.3, 0.4) is 0 Å². The Labute approximate surface area is 95.1 Å². The summed E-state index contributed by atoms with van der Waals surface area (Å²) in [4.78, 5) is 8.47. The Morgan fingerprint density at radius 1 is 1.50 bits per heavy atom. The number of aromatic nitrogens is 2. The highest BCUT2D eigenvalue weighted by molar-refractivity contribution is 5.48. The summed E-state index contributed by atoms with van der Waals surface area (Å²) in [5, 5.41) is 12.5. The second-order valence-electron chi connectivity index (χ2n) is 4.29. The highest BCUT2D eigenvalue weighted by Crippen LogP contribution is 2.24. The average molecular weight is 222 g/mol. The van der Waals surface area contributed by atoms with E-state index in [1.165, 1.54) is 5.56 Å². The van der Waals surface area contributed by atoms with E-state index in [1.807, 2.05) is 0 Å². The molecule has 1 aliphatic rings. The largest absolute Gasteiger partial charge is 0.392 e. The molecule has 0 spiro atoms. The van der Waals surface area contributed by atoms with Crippen LogP contribution in [0.25, 0.3) is 0 Å². The molecule has 1 aromatic heterocycles. The molecule has 0 aromatic carbocycles. The molecule has 1 aromatic rings. The fourth-order valence-electron chi connectivity index (χ4n) is 1.90. The van der Waals surface area contributed by atoms with E-state index in [0.717, 1.165) is 30.8 Å². The van der Waals surface area contributed by atoms with E-state index in [0.29, 0.717) is 6.54 Å². The van der Waals surface area contributed by atoms with Crippen molar-refractivity contribution in [2.45, 2.75) is 38.3 Å². The molecule has 0 fully saturated rings. The second-order valence-corrected chi connectivity index (χ2v) is 4.29. The fraction of sp³-hybridized carbons (Fsp3) is 0.636. The number of aliphatic hydroxyl groups is 1. The Bertz CT molecular complexity index is 367. The van der Waals surface area contributed by atoms with Crippen molar-refractivity contribution < 1.29 is 5.11 Å². The molecule has 2 atom stereocenters. The van der Waals surface area contributed by atoms with Crippen LogP contribution in [0.2, 0.25) is 0 Å². The van der Waals surface area contributed by atoms with Gasteiger partial charge in [0.15, 0.2) is 0 Å². The van der Waals surface area contributed by atoms with Crippen molar-refractivity contribution >= 4 is 5.82 Å². The molecule has 0 radical (unpaired) electrons. The van der Waals surface area contributed by atoms with Crippen LogP contribution in [0, 0.1) is 0 Å². The molecule has 1 aliphatic carbocycles. The lowest BCUT2D eigenvalue weighted by atomic mass is 10.2. The van der Waals surface area contributed by atoms with Crippen molar-refractivity contribution in [2.75, 3.05) is 11.9 Å². The van der Waals surface area contributed by atoms with Crippen LogP contribution in [-0.2, 0) is 12.8 Å². The lowest BCUT2D eigenvalue weighted by molar-refractivity contribution is 0.168. The van der Waals surface area contributed by atoms with Crippen LogP contribution in [0.5, 0.6) is 0 Å². The zero-order valence-corrected chi connectivity index (χ0v) is 9.48. The first-order valence-electron chi connectivity index (χ1n) is 5.68. The molecule has 0 aliphatic heterocycles. The van der Waals surface area contributed by atoms with Crippen molar-refractivity contribution in [3.05, 3.63) is 17.6 Å². The zero-order valence-electron chi connectivity index (χ0n) is 9.48. The van der Waals surface area contributed by atoms with Crippen molar-refractivity contribution in [3.8, 4) is 0 Å². The third-order valence-electron chi connectivity index (χ3n) is 3.00. The first kappa shape index (κ1) is 11.3. The zero-order chi connectivity index (χ0) is 11.5. The minimum Gasteiger partial charge on any atom is -0.392 e. The molecule has 4 N–H and O–H groups in total. The number of anilines is 1. The van der Waals surface area contributed by atoms with E-state index >= 15 is 0 Å². The summed E-state index contributed by atoms with van der Waals surface area (Å²) in [5.41, 5.74) is 8.10. The molecule has 0 saturated heterocycles. The third kappa shape index (κ3) is 2.31. The van der Waals surface area contributed by atoms with Crippen molar-refractivity contribution in [1.82, 2.24) is 9.97 Å². The van der Waals surface area contributed by atoms with Gasteiger partial charge in [0.05, 0.1) is 6.10 Å². The monoisotopic (exact) mass is 222 g/mol. The van der Waals surface area contributed by atoms with Gasteiger partial charge in [-0.3, -0.25) is 0 Å². The number of hydrogen-bond acceptors (Lipinski definition) is 5. The summed E-state index contributed by atoms with van der Waals surface area (Å²) in [6.07, 6.45) is 4.28. The van der Waals surface area contributed by atoms with Gasteiger partial charge >= 0.3 is 0 Å². The van der Waals surface area contributed by atoms with Gasteiger partial charge in [-0.2, -0.15) is 0 Å². The molecule has 88 valence electrons. The van der Waals surface area contributed by atoms with Gasteiger partial charge in [0.1, 0.15) is 12.1 Å². The summed E-state index contributed by atoms with van der Waals surface area (Å²) >= 11 is 0. The summed E-state index contributed by atoms with van der Waals surface area (Å²) in [7, 11) is 0. The third-order valence-corrected chi connectivity index (χ3v) is 3.00. The second kappa shape index (κ2) is 4.76. The SMILES string of the molecule is CC(O)C(N)CNc1ncnc2c1CCC2. The molecule has 2 rings (SSSR count). The Hall–Kier alpha value is -1.20. The lowest BCUT2D eigenvalue weighted by Gasteiger charge is -2.16. The number of nitrogens with two attached hydrogens (primary N) is 1. The number of fused-ring (bicyclic) bond motifs is 1. The highest BCUT2D eigenvalue weighted by atomic mass is 16.3. The van der Waals surface area contributed by atoms with E-state index in [2.05, 4.69) is 15.3 Å². The number of aliphatic hydroxyl groups excluding tert-OH is 1. The first-order chi connectivity index (χ1) is 7.68. The quantitative estimate of drug-likeness (QED) is 0.672. The first-order valence-corrected chi connectivity index (χ1v) is 5.68. The molecule has 0 amide bonds. The standard InChI is InChI=1S/C11H18N4O/c1-7(16)9(12)5-13-11-8-3-2-4-10(8)14-6-15-11/h6-7,9,16H,2-5,12H2,1H3,(H,13,14,15). The molecule has 5 nitrogen and oxygen atoms in total. The molecular formula is C11H18N4O. The van der Waals surface area contributed by atoms with Gasteiger partial charge < -0.3 is 16.2 Å². The Morgan fingerprint density at radius 3 is 3.06 bits per heavy atom. The van der Waals surface area contributed by atoms with E-state index in [4.69, 9.17) is 5.73 Å². The van der Waals surface area contributed by atoms with Gasteiger partial charge in [-0.1, -0.05) is 0 Å². The minimum absolute atomic E-state index is 0.271. The summed E-state index contributed by atoms with van der Waals surface area (Å²) in [5.74, 6) is 0.874. The topological polar surface area (TPSA) is 84.1 Å². The van der Waals surface area contributed by atoms with Crippen molar-refractivity contribution in [3.63, 3.8) is 0 Å². The highest BCUT2D eigenvalue weighted by Gasteiger charge is 2.17. The number of aryl methyl sites for hydroxylation is 1. The Balaban J connectivity index is 2.03. The van der Waals surface area contributed by atoms with Crippen LogP contribution in [0.4, 0.5) is 5.82 Å². The molecule has 0 bridgehead atoms. The maximum atomic E-state index is 9.29. The van der Waals surface area contributed by atoms with Gasteiger partial charge in [0.25, 0.3) is 0 Å². The van der Waals surface area contributed by atoms with Gasteiger partial charge in [-0.15, -0.1) is 0 Å². The predicted octanol–water partition coefficient (Wildman–Crippen LogP) is 0.0853. The van der Waals surface area contributed by atoms with Gasteiger partial charge in [-0.05, 0) is 26.2 Å². The average Bonchev–Trinajstić information content (AvgIpc) is 2.73. The maximum absolute atomic E-state index is 9.29. The summed E-state index contributed by atoms with van der Waals surface area (Å²) in [6.45, 7) is 2.22. The van der Waals surface area contributed by atoms with Crippen molar-refractivity contribution in [2.24, 2.45) is 5.73 Å². The van der Waals surface area contributed by atoms with Crippen molar-refractivity contribution in [1.29, 1.82) is 0 Å². The number of rotatable bonds is 4. The van der Waals surface area contributed by atoms with E-state index < -0.39 is 6.10 Å². The van der Waals surface area contributed by atoms with E-state index in [-0.39, 0.29) is 6.04 Å². The summed E-state index contributed by atoms with van der Waals surface area (Å²) in [6, 6.07) is -0.271. The van der Waals surface area contributed by atoms with E-state index in [9.17, 15) is 5.11 Å². The van der Waals surface area contributed by atoms with Crippen LogP contribution >= 0.6 is 0 Å². The van der Waals surface area contributed by atoms with Crippen LogP contribution in [0.1, 0.15) is 24.6 Å². The molecule has 0 saturated carbocycles. The molecular weight excluding hydrogens is 204 g/mol. The lowest BCUT2D eigenvalue weighted by Crippen LogP contribution is -2.39. The molecule has 5 heteroatoms. The Morgan fingerprint density at radius 2 is 2.31 bits per heavy atom. The molecule has 1 heterocycles. The minimum atomic E-state index is -0.512. The fourth-order valence-corrected chi connectivity index (χ4v) is 1.90. The number of nitrogens with one attached hydrogen (secondary N) is 1. The van der Waals surface area contributed by atoms with Gasteiger partial charge in [0, 0.05) is 23.8 Å². The summed E-state index contributed by atoms with van der Waals surface area (Å²) < 4.78 is 0. The van der Waals surface area contributed by atoms with E-state index in [1.54, 1.807) is 13.3 Å². The van der Waals surface area contributed by atoms with Crippen LogP contribution in [-0.4, -0.2) is 33.8 Å². The van der Waals surface area contributed by atoms with Crippen LogP contribution < -0.4 is 11.1 Å².